The summed E-state index contributed by atoms with van der Waals surface area (Å²) < 4.78 is 0. The van der Waals surface area contributed by atoms with Gasteiger partial charge in [0.05, 0.1) is 12.0 Å². The van der Waals surface area contributed by atoms with Crippen molar-refractivity contribution < 1.29 is 9.90 Å². The van der Waals surface area contributed by atoms with E-state index in [2.05, 4.69) is 39.9 Å². The number of allylic oxidation sites excluding steroid dienone is 3. The molecule has 0 aromatic carbocycles. The zero-order valence-corrected chi connectivity index (χ0v) is 21.2. The van der Waals surface area contributed by atoms with E-state index in [0.29, 0.717) is 23.9 Å². The molecule has 0 radical (unpaired) electrons. The van der Waals surface area contributed by atoms with Crippen LogP contribution < -0.4 is 5.32 Å². The summed E-state index contributed by atoms with van der Waals surface area (Å²) in [4.78, 5) is 18.3. The SMILES string of the molecule is C=CCN1CCC2CCCC(C1)N2C(C1=CCC(C(=O)NC2CCCC2)C=C1)C1=CC(O)=CCC1. The molecule has 0 spiro atoms. The van der Waals surface area contributed by atoms with Crippen molar-refractivity contribution >= 4 is 5.91 Å². The van der Waals surface area contributed by atoms with Gasteiger partial charge in [0.2, 0.25) is 5.91 Å². The summed E-state index contributed by atoms with van der Waals surface area (Å²) in [6.45, 7) is 7.14. The predicted molar refractivity (Wildman–Crippen MR) is 142 cm³/mol. The molecule has 4 atom stereocenters. The number of piperidine rings is 1. The van der Waals surface area contributed by atoms with Crippen molar-refractivity contribution in [3.8, 4) is 0 Å². The Morgan fingerprint density at radius 3 is 2.71 bits per heavy atom. The zero-order valence-electron chi connectivity index (χ0n) is 21.2. The average Bonchev–Trinajstić information content (AvgIpc) is 3.35. The Morgan fingerprint density at radius 1 is 1.14 bits per heavy atom. The summed E-state index contributed by atoms with van der Waals surface area (Å²) in [5, 5.41) is 13.7. The molecule has 5 rings (SSSR count). The molecule has 35 heavy (non-hydrogen) atoms. The molecule has 1 amide bonds. The highest BCUT2D eigenvalue weighted by Crippen LogP contribution is 2.39. The van der Waals surface area contributed by atoms with Gasteiger partial charge < -0.3 is 10.4 Å². The van der Waals surface area contributed by atoms with Crippen molar-refractivity contribution in [3.63, 3.8) is 0 Å². The van der Waals surface area contributed by atoms with E-state index in [1.54, 1.807) is 0 Å². The highest BCUT2D eigenvalue weighted by Gasteiger charge is 2.41. The molecule has 5 nitrogen and oxygen atoms in total. The van der Waals surface area contributed by atoms with Crippen LogP contribution in [0, 0.1) is 5.92 Å². The predicted octanol–water partition coefficient (Wildman–Crippen LogP) is 5.19. The van der Waals surface area contributed by atoms with Crippen molar-refractivity contribution in [2.75, 3.05) is 19.6 Å². The van der Waals surface area contributed by atoms with Gasteiger partial charge in [-0.3, -0.25) is 14.6 Å². The molecule has 5 heteroatoms. The van der Waals surface area contributed by atoms with E-state index in [1.807, 2.05) is 18.2 Å². The fraction of sp³-hybridized carbons (Fsp3) is 0.633. The number of aliphatic hydroxyl groups is 1. The number of carbonyl (C=O) groups excluding carboxylic acids is 1. The van der Waals surface area contributed by atoms with Gasteiger partial charge in [-0.25, -0.2) is 0 Å². The van der Waals surface area contributed by atoms with Gasteiger partial charge in [-0.2, -0.15) is 0 Å². The lowest BCUT2D eigenvalue weighted by Crippen LogP contribution is -2.54. The minimum Gasteiger partial charge on any atom is -0.508 e. The molecule has 2 bridgehead atoms. The number of hydrogen-bond acceptors (Lipinski definition) is 4. The quantitative estimate of drug-likeness (QED) is 0.495. The van der Waals surface area contributed by atoms with Gasteiger partial charge in [0, 0.05) is 37.8 Å². The number of nitrogens with one attached hydrogen (secondary N) is 1. The number of aliphatic hydroxyl groups excluding tert-OH is 1. The largest absolute Gasteiger partial charge is 0.508 e. The number of rotatable bonds is 7. The van der Waals surface area contributed by atoms with Crippen LogP contribution in [0.3, 0.4) is 0 Å². The first-order valence-electron chi connectivity index (χ1n) is 14.0. The third kappa shape index (κ3) is 5.67. The van der Waals surface area contributed by atoms with Gasteiger partial charge in [0.15, 0.2) is 0 Å². The normalized spacial score (nSPS) is 31.2. The Bertz CT molecular complexity index is 911. The van der Waals surface area contributed by atoms with Gasteiger partial charge in [0.25, 0.3) is 0 Å². The molecule has 3 fully saturated rings. The van der Waals surface area contributed by atoms with Gasteiger partial charge in [-0.05, 0) is 74.7 Å². The topological polar surface area (TPSA) is 55.8 Å². The minimum atomic E-state index is -0.0691. The molecular formula is C30H43N3O2. The van der Waals surface area contributed by atoms with Crippen molar-refractivity contribution in [2.45, 2.75) is 94.8 Å². The second-order valence-electron chi connectivity index (χ2n) is 11.2. The lowest BCUT2D eigenvalue weighted by molar-refractivity contribution is -0.124. The second kappa shape index (κ2) is 11.3. The maximum atomic E-state index is 12.9. The molecule has 5 aliphatic rings. The fourth-order valence-electron chi connectivity index (χ4n) is 7.07. The van der Waals surface area contributed by atoms with E-state index in [9.17, 15) is 9.90 Å². The van der Waals surface area contributed by atoms with Crippen LogP contribution in [-0.2, 0) is 4.79 Å². The van der Waals surface area contributed by atoms with Crippen molar-refractivity contribution in [1.82, 2.24) is 15.1 Å². The third-order valence-corrected chi connectivity index (χ3v) is 8.80. The van der Waals surface area contributed by atoms with E-state index in [4.69, 9.17) is 0 Å². The maximum Gasteiger partial charge on any atom is 0.227 e. The monoisotopic (exact) mass is 477 g/mol. The van der Waals surface area contributed by atoms with Gasteiger partial charge in [-0.15, -0.1) is 6.58 Å². The standard InChI is InChI=1S/C30H43N3O2/c1-2-18-32-19-17-26-10-6-11-27(21-32)33(26)29(24-7-5-12-28(34)20-24)22-13-15-23(16-14-22)30(35)31-25-8-3-4-9-25/h2,12-15,20,23,25-27,29,34H,1,3-11,16-19,21H2,(H,31,35). The summed E-state index contributed by atoms with van der Waals surface area (Å²) in [5.41, 5.74) is 2.63. The number of hydrogen-bond donors (Lipinski definition) is 2. The summed E-state index contributed by atoms with van der Waals surface area (Å²) in [5.74, 6) is 0.517. The Kier molecular flexibility index (Phi) is 7.94. The molecule has 190 valence electrons. The maximum absolute atomic E-state index is 12.9. The van der Waals surface area contributed by atoms with Crippen LogP contribution in [0.4, 0.5) is 0 Å². The van der Waals surface area contributed by atoms with E-state index in [0.717, 1.165) is 51.7 Å². The Labute approximate surface area is 211 Å². The lowest BCUT2D eigenvalue weighted by Gasteiger charge is -2.47. The molecule has 0 aromatic rings. The summed E-state index contributed by atoms with van der Waals surface area (Å²) >= 11 is 0. The van der Waals surface area contributed by atoms with Crippen molar-refractivity contribution in [3.05, 3.63) is 59.9 Å². The number of fused-ring (bicyclic) bond motifs is 2. The van der Waals surface area contributed by atoms with Crippen molar-refractivity contribution in [1.29, 1.82) is 0 Å². The second-order valence-corrected chi connectivity index (χ2v) is 11.2. The molecule has 2 heterocycles. The number of nitrogens with zero attached hydrogens (tertiary/aromatic N) is 2. The molecule has 2 aliphatic heterocycles. The van der Waals surface area contributed by atoms with E-state index in [-0.39, 0.29) is 17.9 Å². The molecule has 2 N–H and O–H groups in total. The Morgan fingerprint density at radius 2 is 1.97 bits per heavy atom. The van der Waals surface area contributed by atoms with Crippen LogP contribution in [0.5, 0.6) is 0 Å². The van der Waals surface area contributed by atoms with Crippen LogP contribution in [-0.4, -0.2) is 64.6 Å². The summed E-state index contributed by atoms with van der Waals surface area (Å²) in [6.07, 6.45) is 25.0. The van der Waals surface area contributed by atoms with Gasteiger partial charge in [0.1, 0.15) is 5.76 Å². The highest BCUT2D eigenvalue weighted by atomic mass is 16.3. The molecular weight excluding hydrogens is 434 g/mol. The lowest BCUT2D eigenvalue weighted by atomic mass is 9.82. The first-order valence-corrected chi connectivity index (χ1v) is 14.0. The molecule has 2 saturated heterocycles. The summed E-state index contributed by atoms with van der Waals surface area (Å²) in [6, 6.07) is 1.61. The molecule has 1 saturated carbocycles. The Balaban J connectivity index is 1.39. The van der Waals surface area contributed by atoms with Crippen molar-refractivity contribution in [2.24, 2.45) is 5.92 Å². The smallest absolute Gasteiger partial charge is 0.227 e. The van der Waals surface area contributed by atoms with Gasteiger partial charge >= 0.3 is 0 Å². The van der Waals surface area contributed by atoms with Gasteiger partial charge in [-0.1, -0.05) is 43.6 Å². The van der Waals surface area contributed by atoms with Crippen LogP contribution in [0.25, 0.3) is 0 Å². The van der Waals surface area contributed by atoms with Crippen LogP contribution in [0.15, 0.2) is 59.9 Å². The molecule has 3 aliphatic carbocycles. The number of carbonyl (C=O) groups is 1. The average molecular weight is 478 g/mol. The van der Waals surface area contributed by atoms with Crippen LogP contribution in [0.1, 0.15) is 70.6 Å². The molecule has 4 unspecified atom stereocenters. The van der Waals surface area contributed by atoms with E-state index in [1.165, 1.54) is 49.7 Å². The van der Waals surface area contributed by atoms with Crippen LogP contribution in [0.2, 0.25) is 0 Å². The fourth-order valence-corrected chi connectivity index (χ4v) is 7.07. The Hall–Kier alpha value is -2.11. The minimum absolute atomic E-state index is 0.0691. The van der Waals surface area contributed by atoms with Crippen LogP contribution >= 0.6 is 0 Å². The number of amides is 1. The van der Waals surface area contributed by atoms with E-state index < -0.39 is 0 Å². The first kappa shape index (κ1) is 24.6. The van der Waals surface area contributed by atoms with E-state index >= 15 is 0 Å². The summed E-state index contributed by atoms with van der Waals surface area (Å²) in [7, 11) is 0. The molecule has 0 aromatic heterocycles. The first-order chi connectivity index (χ1) is 17.1. The third-order valence-electron chi connectivity index (χ3n) is 8.80. The zero-order chi connectivity index (χ0) is 24.2. The highest BCUT2D eigenvalue weighted by molar-refractivity contribution is 5.81.